The Morgan fingerprint density at radius 3 is 2.67 bits per heavy atom. The minimum absolute atomic E-state index is 0.306. The molecule has 1 aliphatic heterocycles. The monoisotopic (exact) mass is 181 g/mol. The molecule has 2 aliphatic rings. The van der Waals surface area contributed by atoms with Crippen LogP contribution >= 0.6 is 12.6 Å². The van der Waals surface area contributed by atoms with Gasteiger partial charge in [-0.2, -0.15) is 12.6 Å². The summed E-state index contributed by atoms with van der Waals surface area (Å²) >= 11 is 4.78. The Balaban J connectivity index is 2.04. The van der Waals surface area contributed by atoms with Gasteiger partial charge in [0.1, 0.15) is 7.28 Å². The van der Waals surface area contributed by atoms with Crippen LogP contribution in [-0.2, 0) is 0 Å². The third-order valence-corrected chi connectivity index (χ3v) is 4.84. The van der Waals surface area contributed by atoms with Crippen LogP contribution < -0.4 is 0 Å². The van der Waals surface area contributed by atoms with E-state index in [1.54, 1.807) is 0 Å². The smallest absolute Gasteiger partial charge is 0.139 e. The molecule has 0 nitrogen and oxygen atoms in total. The summed E-state index contributed by atoms with van der Waals surface area (Å²) in [7, 11) is 2.45. The normalized spacial score (nSPS) is 51.6. The van der Waals surface area contributed by atoms with Crippen LogP contribution in [-0.4, -0.2) is 11.9 Å². The van der Waals surface area contributed by atoms with Crippen LogP contribution in [0.25, 0.3) is 0 Å². The third-order valence-electron chi connectivity index (χ3n) is 4.01. The molecule has 1 saturated carbocycles. The van der Waals surface area contributed by atoms with Crippen LogP contribution in [0.2, 0.25) is 5.31 Å². The molecule has 1 heterocycles. The Kier molecular flexibility index (Phi) is 1.85. The molecule has 0 aromatic carbocycles. The topological polar surface area (TPSA) is 0 Å². The molecule has 1 radical (unpaired) electrons. The molecule has 0 aromatic heterocycles. The van der Waals surface area contributed by atoms with Gasteiger partial charge in [-0.05, 0) is 22.9 Å². The maximum atomic E-state index is 4.78. The predicted octanol–water partition coefficient (Wildman–Crippen LogP) is 2.97. The van der Waals surface area contributed by atoms with E-state index < -0.39 is 0 Å². The van der Waals surface area contributed by atoms with Crippen molar-refractivity contribution in [3.63, 3.8) is 0 Å². The summed E-state index contributed by atoms with van der Waals surface area (Å²) in [6.07, 6.45) is 4.08. The van der Waals surface area contributed by atoms with Crippen LogP contribution in [0.4, 0.5) is 0 Å². The molecule has 0 amide bonds. The lowest BCUT2D eigenvalue weighted by molar-refractivity contribution is 0.268. The van der Waals surface area contributed by atoms with E-state index in [9.17, 15) is 0 Å². The molecule has 12 heavy (non-hydrogen) atoms. The van der Waals surface area contributed by atoms with Gasteiger partial charge in [0.15, 0.2) is 0 Å². The maximum Gasteiger partial charge on any atom is 0.139 e. The quantitative estimate of drug-likeness (QED) is 0.466. The highest BCUT2D eigenvalue weighted by molar-refractivity contribution is 7.85. The summed E-state index contributed by atoms with van der Waals surface area (Å²) in [4.78, 5) is 0. The lowest BCUT2D eigenvalue weighted by Crippen LogP contribution is -2.23. The van der Waals surface area contributed by atoms with Gasteiger partial charge in [0.05, 0.1) is 0 Å². The van der Waals surface area contributed by atoms with Gasteiger partial charge in [-0.3, -0.25) is 0 Å². The number of fused-ring (bicyclic) bond motifs is 1. The van der Waals surface area contributed by atoms with Gasteiger partial charge < -0.3 is 0 Å². The highest BCUT2D eigenvalue weighted by Crippen LogP contribution is 2.68. The third kappa shape index (κ3) is 1.14. The number of thiol groups is 1. The van der Waals surface area contributed by atoms with Crippen LogP contribution in [0.5, 0.6) is 0 Å². The van der Waals surface area contributed by atoms with Crippen molar-refractivity contribution in [3.8, 4) is 0 Å². The first kappa shape index (κ1) is 8.99. The van der Waals surface area contributed by atoms with Crippen LogP contribution in [0.1, 0.15) is 40.0 Å². The zero-order valence-electron chi connectivity index (χ0n) is 8.30. The Morgan fingerprint density at radius 1 is 1.50 bits per heavy atom. The van der Waals surface area contributed by atoms with E-state index in [1.807, 2.05) is 0 Å². The van der Waals surface area contributed by atoms with Gasteiger partial charge >= 0.3 is 0 Å². The van der Waals surface area contributed by atoms with Crippen LogP contribution in [0.3, 0.4) is 0 Å². The number of hydrogen-bond donors (Lipinski definition) is 1. The number of rotatable bonds is 1. The molecule has 1 aliphatic carbocycles. The Labute approximate surface area is 82.2 Å². The van der Waals surface area contributed by atoms with Crippen molar-refractivity contribution >= 4 is 19.9 Å². The highest BCUT2D eigenvalue weighted by Gasteiger charge is 2.64. The van der Waals surface area contributed by atoms with E-state index in [0.717, 1.165) is 11.8 Å². The van der Waals surface area contributed by atoms with Crippen molar-refractivity contribution in [1.82, 2.24) is 0 Å². The molecule has 1 saturated heterocycles. The minimum Gasteiger partial charge on any atom is -0.182 e. The van der Waals surface area contributed by atoms with E-state index in [0.29, 0.717) is 9.96 Å². The van der Waals surface area contributed by atoms with E-state index in [4.69, 9.17) is 12.6 Å². The maximum absolute atomic E-state index is 4.78. The first-order chi connectivity index (χ1) is 5.47. The van der Waals surface area contributed by atoms with Gasteiger partial charge in [0.2, 0.25) is 0 Å². The van der Waals surface area contributed by atoms with Gasteiger partial charge in [-0.25, -0.2) is 0 Å². The zero-order chi connectivity index (χ0) is 8.98. The largest absolute Gasteiger partial charge is 0.182 e. The first-order valence-electron chi connectivity index (χ1n) is 5.06. The molecule has 0 aromatic rings. The van der Waals surface area contributed by atoms with Crippen molar-refractivity contribution in [2.45, 2.75) is 50.0 Å². The fourth-order valence-corrected chi connectivity index (χ4v) is 3.26. The second kappa shape index (κ2) is 2.46. The fraction of sp³-hybridized carbons (Fsp3) is 1.00. The molecule has 3 atom stereocenters. The predicted molar refractivity (Wildman–Crippen MR) is 58.0 cm³/mol. The summed E-state index contributed by atoms with van der Waals surface area (Å²) in [5.74, 6) is 1.75. The first-order valence-corrected chi connectivity index (χ1v) is 5.51. The Morgan fingerprint density at radius 2 is 2.17 bits per heavy atom. The molecule has 2 fully saturated rings. The summed E-state index contributed by atoms with van der Waals surface area (Å²) in [6.45, 7) is 7.04. The van der Waals surface area contributed by atoms with Gasteiger partial charge in [-0.15, -0.1) is 0 Å². The lowest BCUT2D eigenvalue weighted by Gasteiger charge is -2.34. The zero-order valence-corrected chi connectivity index (χ0v) is 9.20. The van der Waals surface area contributed by atoms with E-state index >= 15 is 0 Å². The Bertz CT molecular complexity index is 204. The summed E-state index contributed by atoms with van der Waals surface area (Å²) in [5, 5.41) is 0.488. The summed E-state index contributed by atoms with van der Waals surface area (Å²) in [6, 6.07) is 0. The van der Waals surface area contributed by atoms with Crippen molar-refractivity contribution in [2.24, 2.45) is 11.8 Å². The SMILES string of the molecule is CC(C)C1CCC2(C)[B]C2(S)C1. The second-order valence-corrected chi connectivity index (χ2v) is 6.03. The molecule has 3 unspecified atom stereocenters. The molecule has 0 spiro atoms. The molecule has 2 heteroatoms. The van der Waals surface area contributed by atoms with Crippen molar-refractivity contribution in [3.05, 3.63) is 0 Å². The van der Waals surface area contributed by atoms with Crippen molar-refractivity contribution in [1.29, 1.82) is 0 Å². The van der Waals surface area contributed by atoms with Crippen molar-refractivity contribution in [2.75, 3.05) is 0 Å². The van der Waals surface area contributed by atoms with E-state index in [-0.39, 0.29) is 0 Å². The molecule has 67 valence electrons. The molecular formula is C10H18BS. The van der Waals surface area contributed by atoms with Crippen LogP contribution in [0, 0.1) is 11.8 Å². The van der Waals surface area contributed by atoms with Gasteiger partial charge in [0.25, 0.3) is 0 Å². The lowest BCUT2D eigenvalue weighted by atomic mass is 9.77. The van der Waals surface area contributed by atoms with E-state index in [1.165, 1.54) is 19.3 Å². The van der Waals surface area contributed by atoms with Gasteiger partial charge in [0, 0.05) is 0 Å². The van der Waals surface area contributed by atoms with Crippen molar-refractivity contribution < 1.29 is 0 Å². The average molecular weight is 181 g/mol. The van der Waals surface area contributed by atoms with Gasteiger partial charge in [-0.1, -0.05) is 38.9 Å². The molecule has 0 bridgehead atoms. The summed E-state index contributed by atoms with van der Waals surface area (Å²) in [5.41, 5.74) is 0. The average Bonchev–Trinajstić information content (AvgIpc) is 2.51. The second-order valence-electron chi connectivity index (χ2n) is 5.23. The standard InChI is InChI=1S/C10H18BS/c1-7(2)8-4-5-9(3)10(12,6-8)11-9/h7-8,12H,4-6H2,1-3H3. The fourth-order valence-electron chi connectivity index (χ4n) is 2.63. The molecule has 0 N–H and O–H groups in total. The van der Waals surface area contributed by atoms with Crippen LogP contribution in [0.15, 0.2) is 0 Å². The number of hydrogen-bond acceptors (Lipinski definition) is 1. The minimum atomic E-state index is 0.306. The Hall–Kier alpha value is 0.415. The summed E-state index contributed by atoms with van der Waals surface area (Å²) < 4.78 is 0.306. The molecular weight excluding hydrogens is 163 g/mol. The highest BCUT2D eigenvalue weighted by atomic mass is 32.1. The van der Waals surface area contributed by atoms with E-state index in [2.05, 4.69) is 28.1 Å². The molecule has 2 rings (SSSR count).